The molecule has 1 aromatic heterocycles. The first-order chi connectivity index (χ1) is 15.3. The zero-order valence-electron chi connectivity index (χ0n) is 18.2. The molecule has 168 valence electrons. The van der Waals surface area contributed by atoms with Gasteiger partial charge in [0.05, 0.1) is 18.0 Å². The molecule has 1 saturated heterocycles. The van der Waals surface area contributed by atoms with E-state index in [1.165, 1.54) is 29.2 Å². The second kappa shape index (κ2) is 8.35. The van der Waals surface area contributed by atoms with Crippen molar-refractivity contribution in [3.8, 4) is 0 Å². The van der Waals surface area contributed by atoms with E-state index in [1.807, 2.05) is 6.92 Å². The Morgan fingerprint density at radius 3 is 2.47 bits per heavy atom. The number of fused-ring (bicyclic) bond motifs is 4. The van der Waals surface area contributed by atoms with Crippen molar-refractivity contribution in [2.45, 2.75) is 25.6 Å². The number of pyridine rings is 1. The number of aliphatic hydroxyl groups excluding tert-OH is 1. The van der Waals surface area contributed by atoms with Gasteiger partial charge in [-0.25, -0.2) is 4.39 Å². The van der Waals surface area contributed by atoms with E-state index >= 15 is 0 Å². The molecule has 1 N–H and O–H groups in total. The van der Waals surface area contributed by atoms with Crippen molar-refractivity contribution in [3.63, 3.8) is 0 Å². The van der Waals surface area contributed by atoms with Gasteiger partial charge in [0.1, 0.15) is 5.82 Å². The molecule has 0 aliphatic carbocycles. The molecule has 2 aliphatic heterocycles. The van der Waals surface area contributed by atoms with Gasteiger partial charge in [-0.05, 0) is 43.3 Å². The lowest BCUT2D eigenvalue weighted by atomic mass is 9.86. The quantitative estimate of drug-likeness (QED) is 0.789. The topological polar surface area (TPSA) is 82.8 Å². The molecule has 2 amide bonds. The average molecular weight is 439 g/mol. The highest BCUT2D eigenvalue weighted by Gasteiger charge is 2.57. The van der Waals surface area contributed by atoms with E-state index in [0.717, 1.165) is 0 Å². The molecule has 1 aromatic carbocycles. The van der Waals surface area contributed by atoms with Gasteiger partial charge in [-0.2, -0.15) is 0 Å². The lowest BCUT2D eigenvalue weighted by Crippen LogP contribution is -2.49. The largest absolute Gasteiger partial charge is 0.396 e. The lowest BCUT2D eigenvalue weighted by molar-refractivity contribution is -0.135. The van der Waals surface area contributed by atoms with Gasteiger partial charge in [-0.1, -0.05) is 12.2 Å². The number of nitrogens with zero attached hydrogens (tertiary/aromatic N) is 3. The molecule has 2 aliphatic rings. The summed E-state index contributed by atoms with van der Waals surface area (Å²) >= 11 is 0. The fraction of sp³-hybridized carbons (Fsp3) is 0.375. The van der Waals surface area contributed by atoms with Crippen molar-refractivity contribution < 1.29 is 19.1 Å². The van der Waals surface area contributed by atoms with Crippen molar-refractivity contribution in [1.82, 2.24) is 14.4 Å². The number of amides is 2. The molecule has 4 rings (SSSR count). The van der Waals surface area contributed by atoms with E-state index in [2.05, 4.69) is 0 Å². The van der Waals surface area contributed by atoms with Crippen LogP contribution >= 0.6 is 0 Å². The zero-order valence-corrected chi connectivity index (χ0v) is 18.2. The van der Waals surface area contributed by atoms with Gasteiger partial charge in [0.25, 0.3) is 11.5 Å². The van der Waals surface area contributed by atoms with Crippen LogP contribution in [0.3, 0.4) is 0 Å². The predicted octanol–water partition coefficient (Wildman–Crippen LogP) is 1.91. The number of carbonyl (C=O) groups excluding carboxylic acids is 2. The first-order valence-electron chi connectivity index (χ1n) is 10.6. The van der Waals surface area contributed by atoms with E-state index in [9.17, 15) is 23.9 Å². The molecule has 0 spiro atoms. The van der Waals surface area contributed by atoms with Crippen LogP contribution in [0.15, 0.2) is 47.3 Å². The highest BCUT2D eigenvalue weighted by Crippen LogP contribution is 2.49. The second-order valence-corrected chi connectivity index (χ2v) is 8.47. The summed E-state index contributed by atoms with van der Waals surface area (Å²) in [6.45, 7) is 1.69. The molecule has 7 nitrogen and oxygen atoms in total. The van der Waals surface area contributed by atoms with Crippen molar-refractivity contribution in [3.05, 3.63) is 75.5 Å². The third kappa shape index (κ3) is 3.35. The molecular formula is C24H26FN3O4. The van der Waals surface area contributed by atoms with Crippen LogP contribution in [0.25, 0.3) is 6.08 Å². The van der Waals surface area contributed by atoms with Crippen molar-refractivity contribution in [2.24, 2.45) is 11.8 Å². The maximum absolute atomic E-state index is 13.5. The van der Waals surface area contributed by atoms with E-state index in [1.54, 1.807) is 47.8 Å². The SMILES string of the molecule is CC=Cc1ccc2n(c1=O)C[C@@H]1[C@@H](CO)[C@H](C(=O)N(C)C)[C@H]2N1C(=O)c1ccc(F)cc1. The summed E-state index contributed by atoms with van der Waals surface area (Å²) in [7, 11) is 3.26. The number of carbonyl (C=O) groups is 2. The van der Waals surface area contributed by atoms with Gasteiger partial charge in [-0.3, -0.25) is 14.4 Å². The standard InChI is InChI=1S/C24H26FN3O4/c1-4-5-14-8-11-18-21-20(24(32)26(2)3)17(13-29)19(12-27(18)22(14)30)28(21)23(31)15-6-9-16(25)10-7-15/h4-11,17,19-21,29H,12-13H2,1-3H3/t17-,19-,20+,21+/m1/s1. The molecule has 8 heteroatoms. The van der Waals surface area contributed by atoms with Crippen LogP contribution in [0.4, 0.5) is 4.39 Å². The van der Waals surface area contributed by atoms with Crippen LogP contribution in [0.5, 0.6) is 0 Å². The molecule has 2 aromatic rings. The lowest BCUT2D eigenvalue weighted by Gasteiger charge is -2.38. The number of hydrogen-bond donors (Lipinski definition) is 1. The summed E-state index contributed by atoms with van der Waals surface area (Å²) in [4.78, 5) is 42.9. The van der Waals surface area contributed by atoms with Crippen LogP contribution < -0.4 is 5.56 Å². The van der Waals surface area contributed by atoms with Crippen molar-refractivity contribution >= 4 is 17.9 Å². The van der Waals surface area contributed by atoms with Gasteiger partial charge in [0, 0.05) is 50.0 Å². The normalized spacial score (nSPS) is 24.0. The molecule has 0 saturated carbocycles. The van der Waals surface area contributed by atoms with Crippen LogP contribution in [-0.2, 0) is 11.3 Å². The summed E-state index contributed by atoms with van der Waals surface area (Å²) in [6, 6.07) is 7.44. The third-order valence-electron chi connectivity index (χ3n) is 6.47. The highest BCUT2D eigenvalue weighted by atomic mass is 19.1. The Balaban J connectivity index is 1.90. The summed E-state index contributed by atoms with van der Waals surface area (Å²) in [5.41, 5.74) is 1.17. The molecule has 4 atom stereocenters. The Labute approximate surface area is 185 Å². The Kier molecular flexibility index (Phi) is 5.73. The van der Waals surface area contributed by atoms with E-state index < -0.39 is 29.7 Å². The minimum atomic E-state index is -0.717. The predicted molar refractivity (Wildman–Crippen MR) is 117 cm³/mol. The maximum Gasteiger partial charge on any atom is 0.258 e. The van der Waals surface area contributed by atoms with Crippen molar-refractivity contribution in [1.29, 1.82) is 0 Å². The Morgan fingerprint density at radius 1 is 1.19 bits per heavy atom. The third-order valence-corrected chi connectivity index (χ3v) is 6.47. The van der Waals surface area contributed by atoms with Crippen LogP contribution in [0.2, 0.25) is 0 Å². The van der Waals surface area contributed by atoms with E-state index in [0.29, 0.717) is 11.3 Å². The van der Waals surface area contributed by atoms with Gasteiger partial charge >= 0.3 is 0 Å². The molecule has 1 fully saturated rings. The summed E-state index contributed by atoms with van der Waals surface area (Å²) in [5, 5.41) is 10.3. The molecule has 3 heterocycles. The fourth-order valence-electron chi connectivity index (χ4n) is 5.03. The minimum Gasteiger partial charge on any atom is -0.396 e. The van der Waals surface area contributed by atoms with Gasteiger partial charge in [-0.15, -0.1) is 0 Å². The van der Waals surface area contributed by atoms with Gasteiger partial charge < -0.3 is 19.5 Å². The number of benzene rings is 1. The first-order valence-corrected chi connectivity index (χ1v) is 10.6. The summed E-state index contributed by atoms with van der Waals surface area (Å²) in [6.07, 6.45) is 3.50. The Bertz CT molecular complexity index is 1140. The van der Waals surface area contributed by atoms with Crippen molar-refractivity contribution in [2.75, 3.05) is 20.7 Å². The maximum atomic E-state index is 13.5. The number of allylic oxidation sites excluding steroid dienone is 1. The second-order valence-electron chi connectivity index (χ2n) is 8.47. The minimum absolute atomic E-state index is 0.172. The molecule has 32 heavy (non-hydrogen) atoms. The zero-order chi connectivity index (χ0) is 23.2. The molecule has 0 unspecified atom stereocenters. The van der Waals surface area contributed by atoms with Crippen LogP contribution in [-0.4, -0.2) is 58.0 Å². The number of aliphatic hydroxyl groups is 1. The average Bonchev–Trinajstić information content (AvgIpc) is 3.01. The van der Waals surface area contributed by atoms with Crippen LogP contribution in [0, 0.1) is 17.7 Å². The fourth-order valence-corrected chi connectivity index (χ4v) is 5.03. The summed E-state index contributed by atoms with van der Waals surface area (Å²) in [5.74, 6) is -2.27. The highest BCUT2D eigenvalue weighted by molar-refractivity contribution is 5.96. The number of hydrogen-bond acceptors (Lipinski definition) is 4. The monoisotopic (exact) mass is 439 g/mol. The number of aromatic nitrogens is 1. The Hall–Kier alpha value is -3.26. The van der Waals surface area contributed by atoms with Crippen LogP contribution in [0.1, 0.15) is 34.6 Å². The molecular weight excluding hydrogens is 413 g/mol. The van der Waals surface area contributed by atoms with E-state index in [4.69, 9.17) is 0 Å². The Morgan fingerprint density at radius 2 is 1.88 bits per heavy atom. The smallest absolute Gasteiger partial charge is 0.258 e. The molecule has 0 radical (unpaired) electrons. The van der Waals surface area contributed by atoms with E-state index in [-0.39, 0.29) is 36.1 Å². The number of rotatable bonds is 4. The van der Waals surface area contributed by atoms with Gasteiger partial charge in [0.15, 0.2) is 0 Å². The molecule has 2 bridgehead atoms. The number of halogens is 1. The first kappa shape index (κ1) is 22.0. The van der Waals surface area contributed by atoms with Gasteiger partial charge in [0.2, 0.25) is 5.91 Å². The summed E-state index contributed by atoms with van der Waals surface area (Å²) < 4.78 is 15.0.